The van der Waals surface area contributed by atoms with Gasteiger partial charge in [-0.3, -0.25) is 0 Å². The van der Waals surface area contributed by atoms with Crippen LogP contribution in [0, 0.1) is 6.92 Å². The number of carbonyl (C=O) groups is 1. The Labute approximate surface area is 192 Å². The molecule has 8 nitrogen and oxygen atoms in total. The van der Waals surface area contributed by atoms with Gasteiger partial charge in [-0.1, -0.05) is 11.6 Å². The van der Waals surface area contributed by atoms with Crippen molar-refractivity contribution in [3.8, 4) is 5.69 Å². The zero-order valence-corrected chi connectivity index (χ0v) is 19.1. The van der Waals surface area contributed by atoms with Gasteiger partial charge < -0.3 is 19.7 Å². The van der Waals surface area contributed by atoms with Crippen LogP contribution in [0.25, 0.3) is 5.69 Å². The van der Waals surface area contributed by atoms with E-state index in [1.54, 1.807) is 11.2 Å². The van der Waals surface area contributed by atoms with Crippen molar-refractivity contribution in [3.05, 3.63) is 65.0 Å². The van der Waals surface area contributed by atoms with Gasteiger partial charge in [0.25, 0.3) is 0 Å². The SMILES string of the molecule is Cc1cc(C2CC2N2CCN(C)C2=O)nc(N[C@@H](C)c2cn(-c3ccc(Cl)cc3)cn2)n1. The summed E-state index contributed by atoms with van der Waals surface area (Å²) < 4.78 is 1.96. The van der Waals surface area contributed by atoms with Crippen LogP contribution in [0.15, 0.2) is 42.9 Å². The van der Waals surface area contributed by atoms with E-state index in [2.05, 4.69) is 15.3 Å². The van der Waals surface area contributed by atoms with Crippen molar-refractivity contribution in [1.82, 2.24) is 29.3 Å². The number of benzene rings is 1. The zero-order chi connectivity index (χ0) is 22.4. The monoisotopic (exact) mass is 451 g/mol. The molecule has 0 spiro atoms. The third-order valence-electron chi connectivity index (χ3n) is 6.18. The Morgan fingerprint density at radius 3 is 2.69 bits per heavy atom. The van der Waals surface area contributed by atoms with Gasteiger partial charge in [0, 0.05) is 54.7 Å². The highest BCUT2D eigenvalue weighted by Crippen LogP contribution is 2.45. The Bertz CT molecular complexity index is 1150. The van der Waals surface area contributed by atoms with Crippen molar-refractivity contribution in [2.45, 2.75) is 38.3 Å². The predicted octanol–water partition coefficient (Wildman–Crippen LogP) is 4.02. The Balaban J connectivity index is 1.28. The molecular weight excluding hydrogens is 426 g/mol. The van der Waals surface area contributed by atoms with E-state index in [1.165, 1.54) is 0 Å². The molecule has 2 fully saturated rings. The van der Waals surface area contributed by atoms with Gasteiger partial charge in [0.15, 0.2) is 0 Å². The molecule has 1 saturated carbocycles. The Kier molecular flexibility index (Phi) is 5.25. The first-order valence-corrected chi connectivity index (χ1v) is 11.2. The third-order valence-corrected chi connectivity index (χ3v) is 6.43. The first-order valence-electron chi connectivity index (χ1n) is 10.8. The predicted molar refractivity (Wildman–Crippen MR) is 123 cm³/mol. The topological polar surface area (TPSA) is 79.2 Å². The normalized spacial score (nSPS) is 21.2. The van der Waals surface area contributed by atoms with Crippen LogP contribution < -0.4 is 5.32 Å². The van der Waals surface area contributed by atoms with E-state index in [4.69, 9.17) is 16.6 Å². The van der Waals surface area contributed by atoms with E-state index in [0.717, 1.165) is 42.3 Å². The lowest BCUT2D eigenvalue weighted by atomic mass is 10.2. The maximum absolute atomic E-state index is 12.3. The summed E-state index contributed by atoms with van der Waals surface area (Å²) in [7, 11) is 1.85. The molecule has 166 valence electrons. The molecule has 3 atom stereocenters. The van der Waals surface area contributed by atoms with Gasteiger partial charge >= 0.3 is 6.03 Å². The quantitative estimate of drug-likeness (QED) is 0.612. The Morgan fingerprint density at radius 2 is 1.97 bits per heavy atom. The van der Waals surface area contributed by atoms with Crippen molar-refractivity contribution in [1.29, 1.82) is 0 Å². The fraction of sp³-hybridized carbons (Fsp3) is 0.391. The van der Waals surface area contributed by atoms with Crippen molar-refractivity contribution in [3.63, 3.8) is 0 Å². The summed E-state index contributed by atoms with van der Waals surface area (Å²) in [4.78, 5) is 30.0. The number of hydrogen-bond acceptors (Lipinski definition) is 5. The number of likely N-dealkylation sites (N-methyl/N-ethyl adjacent to an activating group) is 1. The second kappa shape index (κ2) is 8.09. The Morgan fingerprint density at radius 1 is 1.19 bits per heavy atom. The second-order valence-corrected chi connectivity index (χ2v) is 9.05. The first kappa shape index (κ1) is 20.8. The second-order valence-electron chi connectivity index (χ2n) is 8.61. The van der Waals surface area contributed by atoms with Crippen LogP contribution in [0.5, 0.6) is 0 Å². The number of hydrogen-bond donors (Lipinski definition) is 1. The molecule has 1 saturated heterocycles. The number of urea groups is 1. The van der Waals surface area contributed by atoms with Crippen molar-refractivity contribution < 1.29 is 4.79 Å². The smallest absolute Gasteiger partial charge is 0.320 e. The van der Waals surface area contributed by atoms with Crippen LogP contribution >= 0.6 is 11.6 Å². The standard InChI is InChI=1S/C23H26ClN7O/c1-14-10-19(18-11-21(18)31-9-8-29(3)23(31)32)28-22(26-14)27-15(2)20-12-30(13-25-20)17-6-4-16(24)5-7-17/h4-7,10,12-13,15,18,21H,8-9,11H2,1-3H3,(H,26,27,28)/t15-,18?,21?/m0/s1. The molecule has 1 aliphatic heterocycles. The molecule has 2 unspecified atom stereocenters. The molecule has 3 aromatic rings. The summed E-state index contributed by atoms with van der Waals surface area (Å²) in [5.74, 6) is 0.858. The van der Waals surface area contributed by atoms with Gasteiger partial charge in [0.05, 0.1) is 23.8 Å². The van der Waals surface area contributed by atoms with Crippen LogP contribution in [0.1, 0.15) is 42.4 Å². The summed E-state index contributed by atoms with van der Waals surface area (Å²) >= 11 is 5.99. The van der Waals surface area contributed by atoms with Crippen molar-refractivity contribution in [2.75, 3.05) is 25.5 Å². The number of amides is 2. The van der Waals surface area contributed by atoms with E-state index in [9.17, 15) is 4.79 Å². The summed E-state index contributed by atoms with van der Waals surface area (Å²) in [5, 5.41) is 4.09. The number of anilines is 1. The molecule has 32 heavy (non-hydrogen) atoms. The summed E-state index contributed by atoms with van der Waals surface area (Å²) in [6.45, 7) is 5.60. The van der Waals surface area contributed by atoms with Crippen LogP contribution in [-0.4, -0.2) is 61.5 Å². The molecule has 9 heteroatoms. The fourth-order valence-corrected chi connectivity index (χ4v) is 4.38. The molecule has 3 heterocycles. The van der Waals surface area contributed by atoms with E-state index in [1.807, 2.05) is 66.9 Å². The number of nitrogens with one attached hydrogen (secondary N) is 1. The third kappa shape index (κ3) is 4.02. The minimum Gasteiger partial charge on any atom is -0.346 e. The maximum atomic E-state index is 12.3. The number of halogens is 1. The van der Waals surface area contributed by atoms with Crippen molar-refractivity contribution in [2.24, 2.45) is 0 Å². The van der Waals surface area contributed by atoms with Crippen LogP contribution in [-0.2, 0) is 0 Å². The number of nitrogens with zero attached hydrogens (tertiary/aromatic N) is 6. The Hall–Kier alpha value is -3.13. The van der Waals surface area contributed by atoms with E-state index >= 15 is 0 Å². The van der Waals surface area contributed by atoms with Gasteiger partial charge in [-0.25, -0.2) is 19.7 Å². The maximum Gasteiger partial charge on any atom is 0.320 e. The van der Waals surface area contributed by atoms with Gasteiger partial charge in [-0.15, -0.1) is 0 Å². The summed E-state index contributed by atoms with van der Waals surface area (Å²) in [5.41, 5.74) is 3.79. The number of carbonyl (C=O) groups excluding carboxylic acids is 1. The number of imidazole rings is 1. The van der Waals surface area contributed by atoms with Crippen LogP contribution in [0.4, 0.5) is 10.7 Å². The highest BCUT2D eigenvalue weighted by Gasteiger charge is 2.48. The fourth-order valence-electron chi connectivity index (χ4n) is 4.25. The summed E-state index contributed by atoms with van der Waals surface area (Å²) in [6.07, 6.45) is 4.73. The molecule has 5 rings (SSSR count). The molecule has 0 bridgehead atoms. The summed E-state index contributed by atoms with van der Waals surface area (Å²) in [6, 6.07) is 9.95. The molecule has 1 N–H and O–H groups in total. The number of aryl methyl sites for hydroxylation is 1. The average molecular weight is 452 g/mol. The molecule has 0 radical (unpaired) electrons. The number of aromatic nitrogens is 4. The molecule has 1 aromatic carbocycles. The minimum atomic E-state index is -0.0676. The lowest BCUT2D eigenvalue weighted by Gasteiger charge is -2.16. The van der Waals surface area contributed by atoms with Gasteiger partial charge in [0.1, 0.15) is 0 Å². The van der Waals surface area contributed by atoms with Crippen molar-refractivity contribution >= 4 is 23.6 Å². The highest BCUT2D eigenvalue weighted by atomic mass is 35.5. The van der Waals surface area contributed by atoms with Gasteiger partial charge in [-0.05, 0) is 50.6 Å². The van der Waals surface area contributed by atoms with E-state index in [0.29, 0.717) is 11.0 Å². The van der Waals surface area contributed by atoms with E-state index in [-0.39, 0.29) is 24.0 Å². The zero-order valence-electron chi connectivity index (χ0n) is 18.4. The lowest BCUT2D eigenvalue weighted by molar-refractivity contribution is 0.196. The van der Waals surface area contributed by atoms with Gasteiger partial charge in [0.2, 0.25) is 5.95 Å². The highest BCUT2D eigenvalue weighted by molar-refractivity contribution is 6.30. The molecule has 2 aliphatic rings. The average Bonchev–Trinajstić information content (AvgIpc) is 3.26. The molecule has 2 aromatic heterocycles. The minimum absolute atomic E-state index is 0.0676. The molecule has 2 amide bonds. The van der Waals surface area contributed by atoms with Crippen LogP contribution in [0.3, 0.4) is 0 Å². The van der Waals surface area contributed by atoms with Crippen LogP contribution in [0.2, 0.25) is 5.02 Å². The largest absolute Gasteiger partial charge is 0.346 e. The van der Waals surface area contributed by atoms with E-state index < -0.39 is 0 Å². The van der Waals surface area contributed by atoms with Gasteiger partial charge in [-0.2, -0.15) is 0 Å². The first-order chi connectivity index (χ1) is 15.4. The number of rotatable bonds is 6. The lowest BCUT2D eigenvalue weighted by Crippen LogP contribution is -2.32. The molecule has 1 aliphatic carbocycles. The molecular formula is C23H26ClN7O.